The summed E-state index contributed by atoms with van der Waals surface area (Å²) in [5.74, 6) is 0.0623. The molecule has 0 radical (unpaired) electrons. The Morgan fingerprint density at radius 3 is 2.71 bits per heavy atom. The zero-order valence-electron chi connectivity index (χ0n) is 11.9. The summed E-state index contributed by atoms with van der Waals surface area (Å²) in [4.78, 5) is 13.4. The molecule has 0 aliphatic carbocycles. The SMILES string of the molecule is C[C@@H](NC(=O)Cc1cccc2ccccc12)c1cccs1. The molecule has 1 atom stereocenters. The first-order chi connectivity index (χ1) is 10.2. The summed E-state index contributed by atoms with van der Waals surface area (Å²) in [6.45, 7) is 2.02. The highest BCUT2D eigenvalue weighted by atomic mass is 32.1. The number of carbonyl (C=O) groups is 1. The largest absolute Gasteiger partial charge is 0.348 e. The number of carbonyl (C=O) groups excluding carboxylic acids is 1. The molecule has 0 saturated heterocycles. The quantitative estimate of drug-likeness (QED) is 0.763. The molecule has 1 N–H and O–H groups in total. The molecule has 0 unspecified atom stereocenters. The Labute approximate surface area is 128 Å². The topological polar surface area (TPSA) is 29.1 Å². The van der Waals surface area contributed by atoms with Crippen LogP contribution in [0.4, 0.5) is 0 Å². The summed E-state index contributed by atoms with van der Waals surface area (Å²) in [5, 5.41) is 7.42. The van der Waals surface area contributed by atoms with Crippen LogP contribution in [0, 0.1) is 0 Å². The minimum Gasteiger partial charge on any atom is -0.348 e. The van der Waals surface area contributed by atoms with E-state index < -0.39 is 0 Å². The predicted octanol–water partition coefficient (Wildman–Crippen LogP) is 4.32. The zero-order chi connectivity index (χ0) is 14.7. The van der Waals surface area contributed by atoms with E-state index in [4.69, 9.17) is 0 Å². The van der Waals surface area contributed by atoms with Gasteiger partial charge in [0.2, 0.25) is 5.91 Å². The average molecular weight is 295 g/mol. The van der Waals surface area contributed by atoms with Crippen molar-refractivity contribution in [3.63, 3.8) is 0 Å². The Kier molecular flexibility index (Phi) is 4.02. The molecule has 0 aliphatic heterocycles. The highest BCUT2D eigenvalue weighted by Crippen LogP contribution is 2.20. The molecule has 0 bridgehead atoms. The molecular weight excluding hydrogens is 278 g/mol. The van der Waals surface area contributed by atoms with Gasteiger partial charge in [-0.25, -0.2) is 0 Å². The Morgan fingerprint density at radius 1 is 1.10 bits per heavy atom. The number of fused-ring (bicyclic) bond motifs is 1. The number of nitrogens with one attached hydrogen (secondary N) is 1. The van der Waals surface area contributed by atoms with Gasteiger partial charge >= 0.3 is 0 Å². The van der Waals surface area contributed by atoms with E-state index in [2.05, 4.69) is 23.5 Å². The van der Waals surface area contributed by atoms with Crippen LogP contribution in [0.3, 0.4) is 0 Å². The minimum absolute atomic E-state index is 0.0623. The van der Waals surface area contributed by atoms with Gasteiger partial charge in [0.1, 0.15) is 0 Å². The second kappa shape index (κ2) is 6.10. The molecule has 0 spiro atoms. The second-order valence-electron chi connectivity index (χ2n) is 5.12. The smallest absolute Gasteiger partial charge is 0.224 e. The highest BCUT2D eigenvalue weighted by molar-refractivity contribution is 7.10. The van der Waals surface area contributed by atoms with Crippen molar-refractivity contribution < 1.29 is 4.79 Å². The monoisotopic (exact) mass is 295 g/mol. The van der Waals surface area contributed by atoms with Crippen molar-refractivity contribution >= 4 is 28.0 Å². The van der Waals surface area contributed by atoms with Crippen LogP contribution in [0.2, 0.25) is 0 Å². The zero-order valence-corrected chi connectivity index (χ0v) is 12.7. The lowest BCUT2D eigenvalue weighted by Gasteiger charge is -2.13. The summed E-state index contributed by atoms with van der Waals surface area (Å²) < 4.78 is 0. The van der Waals surface area contributed by atoms with Gasteiger partial charge in [0.15, 0.2) is 0 Å². The fourth-order valence-electron chi connectivity index (χ4n) is 2.52. The van der Waals surface area contributed by atoms with Crippen LogP contribution in [0.1, 0.15) is 23.4 Å². The van der Waals surface area contributed by atoms with Gasteiger partial charge in [-0.1, -0.05) is 48.5 Å². The maximum absolute atomic E-state index is 12.3. The van der Waals surface area contributed by atoms with Crippen LogP contribution in [0.25, 0.3) is 10.8 Å². The van der Waals surface area contributed by atoms with Crippen LogP contribution < -0.4 is 5.32 Å². The van der Waals surface area contributed by atoms with Gasteiger partial charge in [-0.3, -0.25) is 4.79 Å². The first-order valence-corrected chi connectivity index (χ1v) is 7.91. The Balaban J connectivity index is 1.75. The molecule has 3 rings (SSSR count). The first kappa shape index (κ1) is 13.8. The van der Waals surface area contributed by atoms with Crippen LogP contribution in [-0.2, 0) is 11.2 Å². The Morgan fingerprint density at radius 2 is 1.90 bits per heavy atom. The fourth-order valence-corrected chi connectivity index (χ4v) is 3.26. The third-order valence-electron chi connectivity index (χ3n) is 3.58. The van der Waals surface area contributed by atoms with Gasteiger partial charge in [-0.05, 0) is 34.7 Å². The van der Waals surface area contributed by atoms with Crippen molar-refractivity contribution in [3.05, 3.63) is 70.4 Å². The number of thiophene rings is 1. The summed E-state index contributed by atoms with van der Waals surface area (Å²) in [7, 11) is 0. The van der Waals surface area contributed by atoms with Crippen LogP contribution in [-0.4, -0.2) is 5.91 Å². The third-order valence-corrected chi connectivity index (χ3v) is 4.63. The molecule has 2 nitrogen and oxygen atoms in total. The van der Waals surface area contributed by atoms with Crippen LogP contribution in [0.15, 0.2) is 60.0 Å². The molecular formula is C18H17NOS. The maximum Gasteiger partial charge on any atom is 0.224 e. The summed E-state index contributed by atoms with van der Waals surface area (Å²) in [6, 6.07) is 18.4. The van der Waals surface area contributed by atoms with E-state index >= 15 is 0 Å². The van der Waals surface area contributed by atoms with Crippen molar-refractivity contribution in [1.29, 1.82) is 0 Å². The lowest BCUT2D eigenvalue weighted by molar-refractivity contribution is -0.121. The summed E-state index contributed by atoms with van der Waals surface area (Å²) >= 11 is 1.67. The fraction of sp³-hybridized carbons (Fsp3) is 0.167. The Bertz CT molecular complexity index is 744. The van der Waals surface area contributed by atoms with Crippen molar-refractivity contribution in [2.45, 2.75) is 19.4 Å². The number of amides is 1. The second-order valence-corrected chi connectivity index (χ2v) is 6.10. The molecule has 0 saturated carbocycles. The van der Waals surface area contributed by atoms with Crippen LogP contribution in [0.5, 0.6) is 0 Å². The van der Waals surface area contributed by atoms with Gasteiger partial charge in [-0.15, -0.1) is 11.3 Å². The van der Waals surface area contributed by atoms with Crippen molar-refractivity contribution in [1.82, 2.24) is 5.32 Å². The number of benzene rings is 2. The molecule has 0 fully saturated rings. The van der Waals surface area contributed by atoms with Gasteiger partial charge in [0.25, 0.3) is 0 Å². The minimum atomic E-state index is 0.0623. The Hall–Kier alpha value is -2.13. The maximum atomic E-state index is 12.3. The first-order valence-electron chi connectivity index (χ1n) is 7.03. The normalized spacial score (nSPS) is 12.2. The number of rotatable bonds is 4. The predicted molar refractivity (Wildman–Crippen MR) is 88.5 cm³/mol. The molecule has 0 aliphatic rings. The lowest BCUT2D eigenvalue weighted by atomic mass is 10.0. The molecule has 21 heavy (non-hydrogen) atoms. The van der Waals surface area contributed by atoms with Crippen molar-refractivity contribution in [2.75, 3.05) is 0 Å². The standard InChI is InChI=1S/C18H17NOS/c1-13(17-10-5-11-21-17)19-18(20)12-15-8-4-7-14-6-2-3-9-16(14)15/h2-11,13H,12H2,1H3,(H,19,20)/t13-/m1/s1. The van der Waals surface area contributed by atoms with Gasteiger partial charge < -0.3 is 5.32 Å². The third kappa shape index (κ3) is 3.14. The average Bonchev–Trinajstić information content (AvgIpc) is 3.02. The van der Waals surface area contributed by atoms with E-state index in [0.717, 1.165) is 10.9 Å². The van der Waals surface area contributed by atoms with Crippen LogP contribution >= 0.6 is 11.3 Å². The highest BCUT2D eigenvalue weighted by Gasteiger charge is 2.12. The molecule has 1 heterocycles. The van der Waals surface area contributed by atoms with E-state index in [1.807, 2.05) is 48.7 Å². The molecule has 2 aromatic carbocycles. The van der Waals surface area contributed by atoms with Gasteiger partial charge in [-0.2, -0.15) is 0 Å². The van der Waals surface area contributed by atoms with E-state index in [1.165, 1.54) is 10.3 Å². The molecule has 1 amide bonds. The molecule has 3 heteroatoms. The summed E-state index contributed by atoms with van der Waals surface area (Å²) in [6.07, 6.45) is 0.414. The van der Waals surface area contributed by atoms with E-state index in [1.54, 1.807) is 11.3 Å². The molecule has 106 valence electrons. The lowest BCUT2D eigenvalue weighted by Crippen LogP contribution is -2.27. The van der Waals surface area contributed by atoms with E-state index in [0.29, 0.717) is 6.42 Å². The van der Waals surface area contributed by atoms with E-state index in [9.17, 15) is 4.79 Å². The van der Waals surface area contributed by atoms with Gasteiger partial charge in [0.05, 0.1) is 12.5 Å². The van der Waals surface area contributed by atoms with Gasteiger partial charge in [0, 0.05) is 4.88 Å². The summed E-state index contributed by atoms with van der Waals surface area (Å²) in [5.41, 5.74) is 1.07. The van der Waals surface area contributed by atoms with Crippen molar-refractivity contribution in [3.8, 4) is 0 Å². The van der Waals surface area contributed by atoms with Crippen molar-refractivity contribution in [2.24, 2.45) is 0 Å². The molecule has 1 aromatic heterocycles. The number of hydrogen-bond acceptors (Lipinski definition) is 2. The number of hydrogen-bond donors (Lipinski definition) is 1. The van der Waals surface area contributed by atoms with E-state index in [-0.39, 0.29) is 11.9 Å². The molecule has 3 aromatic rings.